The molecular weight excluding hydrogens is 425 g/mol. The molecule has 2 heterocycles. The average Bonchev–Trinajstić information content (AvgIpc) is 2.76. The fraction of sp³-hybridized carbons (Fsp3) is 0.409. The molecule has 1 aliphatic heterocycles. The minimum Gasteiger partial charge on any atom is -0.492 e. The highest BCUT2D eigenvalue weighted by Crippen LogP contribution is 2.30. The summed E-state index contributed by atoms with van der Waals surface area (Å²) in [6.45, 7) is 1.74. The zero-order valence-corrected chi connectivity index (χ0v) is 17.4. The summed E-state index contributed by atoms with van der Waals surface area (Å²) in [7, 11) is 0. The number of hydrogen-bond acceptors (Lipinski definition) is 5. The second kappa shape index (κ2) is 10.9. The number of rotatable bonds is 9. The first kappa shape index (κ1) is 23.5. The molecular formula is C22H25F3N4O3. The third kappa shape index (κ3) is 6.94. The van der Waals surface area contributed by atoms with Gasteiger partial charge in [0.1, 0.15) is 5.75 Å². The molecule has 1 fully saturated rings. The number of piperazine rings is 1. The van der Waals surface area contributed by atoms with Crippen LogP contribution in [0.2, 0.25) is 0 Å². The van der Waals surface area contributed by atoms with E-state index in [0.717, 1.165) is 12.1 Å². The van der Waals surface area contributed by atoms with Crippen molar-refractivity contribution in [1.29, 1.82) is 0 Å². The molecule has 1 saturated heterocycles. The monoisotopic (exact) mass is 450 g/mol. The number of pyridine rings is 1. The predicted molar refractivity (Wildman–Crippen MR) is 111 cm³/mol. The second-order valence-corrected chi connectivity index (χ2v) is 7.42. The zero-order chi connectivity index (χ0) is 23.0. The van der Waals surface area contributed by atoms with Gasteiger partial charge in [-0.05, 0) is 30.2 Å². The lowest BCUT2D eigenvalue weighted by Crippen LogP contribution is -2.56. The van der Waals surface area contributed by atoms with Crippen molar-refractivity contribution < 1.29 is 27.5 Å². The van der Waals surface area contributed by atoms with E-state index < -0.39 is 17.8 Å². The van der Waals surface area contributed by atoms with Gasteiger partial charge in [0.05, 0.1) is 30.8 Å². The Morgan fingerprint density at radius 2 is 2.12 bits per heavy atom. The molecule has 172 valence electrons. The maximum atomic E-state index is 13.0. The Labute approximate surface area is 184 Å². The van der Waals surface area contributed by atoms with Crippen LogP contribution in [0, 0.1) is 0 Å². The van der Waals surface area contributed by atoms with Crippen LogP contribution in [0.5, 0.6) is 5.75 Å². The highest BCUT2D eigenvalue weighted by atomic mass is 19.4. The highest BCUT2D eigenvalue weighted by molar-refractivity contribution is 5.88. The predicted octanol–water partition coefficient (Wildman–Crippen LogP) is 2.38. The van der Waals surface area contributed by atoms with Gasteiger partial charge in [0, 0.05) is 32.4 Å². The van der Waals surface area contributed by atoms with E-state index >= 15 is 0 Å². The number of alkyl halides is 3. The fourth-order valence-electron chi connectivity index (χ4n) is 3.42. The molecule has 0 saturated carbocycles. The molecule has 0 radical (unpaired) electrons. The van der Waals surface area contributed by atoms with Gasteiger partial charge in [-0.25, -0.2) is 0 Å². The molecule has 0 unspecified atom stereocenters. The van der Waals surface area contributed by atoms with Gasteiger partial charge in [-0.2, -0.15) is 13.2 Å². The summed E-state index contributed by atoms with van der Waals surface area (Å²) >= 11 is 0. The summed E-state index contributed by atoms with van der Waals surface area (Å²) in [5, 5.41) is 5.48. The van der Waals surface area contributed by atoms with Crippen molar-refractivity contribution in [1.82, 2.24) is 20.5 Å². The van der Waals surface area contributed by atoms with E-state index in [0.29, 0.717) is 44.0 Å². The molecule has 32 heavy (non-hydrogen) atoms. The molecule has 1 aromatic heterocycles. The minimum absolute atomic E-state index is 0.0751. The first-order chi connectivity index (χ1) is 15.3. The lowest BCUT2D eigenvalue weighted by atomic mass is 10.0. The van der Waals surface area contributed by atoms with E-state index in [-0.39, 0.29) is 24.8 Å². The molecule has 1 aliphatic rings. The van der Waals surface area contributed by atoms with Crippen LogP contribution in [0.3, 0.4) is 0 Å². The molecule has 0 spiro atoms. The molecule has 2 aromatic rings. The van der Waals surface area contributed by atoms with Crippen LogP contribution in [-0.4, -0.2) is 54.0 Å². The molecule has 3 rings (SSSR count). The fourth-order valence-corrected chi connectivity index (χ4v) is 3.42. The normalized spacial score (nSPS) is 17.0. The van der Waals surface area contributed by atoms with E-state index in [9.17, 15) is 22.8 Å². The maximum absolute atomic E-state index is 13.0. The number of nitrogens with one attached hydrogen (secondary N) is 2. The molecule has 1 aromatic carbocycles. The van der Waals surface area contributed by atoms with E-state index in [4.69, 9.17) is 4.74 Å². The third-order valence-corrected chi connectivity index (χ3v) is 5.01. The quantitative estimate of drug-likeness (QED) is 0.574. The first-order valence-electron chi connectivity index (χ1n) is 10.3. The van der Waals surface area contributed by atoms with Crippen molar-refractivity contribution in [3.63, 3.8) is 0 Å². The van der Waals surface area contributed by atoms with Crippen molar-refractivity contribution in [2.24, 2.45) is 0 Å². The van der Waals surface area contributed by atoms with Gasteiger partial charge in [-0.3, -0.25) is 19.5 Å². The molecule has 0 aliphatic carbocycles. The van der Waals surface area contributed by atoms with Crippen molar-refractivity contribution in [3.8, 4) is 5.75 Å². The molecule has 10 heteroatoms. The van der Waals surface area contributed by atoms with Gasteiger partial charge in [-0.15, -0.1) is 0 Å². The van der Waals surface area contributed by atoms with Crippen molar-refractivity contribution in [2.45, 2.75) is 31.6 Å². The van der Waals surface area contributed by atoms with Crippen molar-refractivity contribution >= 4 is 11.8 Å². The number of nitrogens with zero attached hydrogens (tertiary/aromatic N) is 2. The number of amides is 2. The van der Waals surface area contributed by atoms with Gasteiger partial charge in [-0.1, -0.05) is 18.2 Å². The Kier molecular flexibility index (Phi) is 8.04. The number of carbonyl (C=O) groups is 2. The molecule has 7 nitrogen and oxygen atoms in total. The second-order valence-electron chi connectivity index (χ2n) is 7.42. The lowest BCUT2D eigenvalue weighted by Gasteiger charge is -2.34. The van der Waals surface area contributed by atoms with Crippen molar-refractivity contribution in [2.75, 3.05) is 26.2 Å². The largest absolute Gasteiger partial charge is 0.492 e. The zero-order valence-electron chi connectivity index (χ0n) is 17.4. The van der Waals surface area contributed by atoms with Crippen molar-refractivity contribution in [3.05, 3.63) is 59.9 Å². The summed E-state index contributed by atoms with van der Waals surface area (Å²) in [6, 6.07) is 7.81. The van der Waals surface area contributed by atoms with E-state index in [1.165, 1.54) is 6.07 Å². The van der Waals surface area contributed by atoms with Gasteiger partial charge in [0.25, 0.3) is 0 Å². The van der Waals surface area contributed by atoms with Crippen LogP contribution in [-0.2, 0) is 22.3 Å². The minimum atomic E-state index is -4.44. The van der Waals surface area contributed by atoms with Gasteiger partial charge in [0.15, 0.2) is 0 Å². The molecule has 1 atom stereocenters. The summed E-state index contributed by atoms with van der Waals surface area (Å²) in [4.78, 5) is 30.4. The lowest BCUT2D eigenvalue weighted by molar-refractivity contribution is -0.137. The number of hydrogen-bond donors (Lipinski definition) is 2. The van der Waals surface area contributed by atoms with Gasteiger partial charge >= 0.3 is 6.18 Å². The number of benzene rings is 1. The summed E-state index contributed by atoms with van der Waals surface area (Å²) in [5.41, 5.74) is -0.299. The van der Waals surface area contributed by atoms with E-state index in [1.807, 2.05) is 0 Å². The Morgan fingerprint density at radius 3 is 2.88 bits per heavy atom. The summed E-state index contributed by atoms with van der Waals surface area (Å²) < 4.78 is 44.5. The number of halogens is 3. The standard InChI is InChI=1S/C22H25F3N4O3/c23-22(24,25)17-5-1-4-16(12-17)15-29-10-9-28-21(31)19(29)13-20(30)27-8-3-11-32-18-6-2-7-26-14-18/h1-2,4-7,12,14,19H,3,8-11,13,15H2,(H,27,30)(H,28,31)/t19-/m1/s1. The van der Waals surface area contributed by atoms with Crippen LogP contribution < -0.4 is 15.4 Å². The van der Waals surface area contributed by atoms with E-state index in [2.05, 4.69) is 15.6 Å². The molecule has 0 bridgehead atoms. The topological polar surface area (TPSA) is 83.6 Å². The van der Waals surface area contributed by atoms with Crippen LogP contribution in [0.15, 0.2) is 48.8 Å². The molecule has 2 amide bonds. The smallest absolute Gasteiger partial charge is 0.416 e. The Morgan fingerprint density at radius 1 is 1.28 bits per heavy atom. The van der Waals surface area contributed by atoms with Gasteiger partial charge in [0.2, 0.25) is 11.8 Å². The highest BCUT2D eigenvalue weighted by Gasteiger charge is 2.33. The first-order valence-corrected chi connectivity index (χ1v) is 10.3. The van der Waals surface area contributed by atoms with Crippen LogP contribution in [0.1, 0.15) is 24.0 Å². The number of carbonyl (C=O) groups excluding carboxylic acids is 2. The van der Waals surface area contributed by atoms with Crippen LogP contribution >= 0.6 is 0 Å². The molecule has 2 N–H and O–H groups in total. The van der Waals surface area contributed by atoms with Crippen LogP contribution in [0.4, 0.5) is 13.2 Å². The van der Waals surface area contributed by atoms with E-state index in [1.54, 1.807) is 35.5 Å². The SMILES string of the molecule is O=C(C[C@@H]1C(=O)NCCN1Cc1cccc(C(F)(F)F)c1)NCCCOc1cccnc1. The number of ether oxygens (including phenoxy) is 1. The van der Waals surface area contributed by atoms with Crippen LogP contribution in [0.25, 0.3) is 0 Å². The van der Waals surface area contributed by atoms with Gasteiger partial charge < -0.3 is 15.4 Å². The third-order valence-electron chi connectivity index (χ3n) is 5.01. The Bertz CT molecular complexity index is 909. The Hall–Kier alpha value is -3.14. The summed E-state index contributed by atoms with van der Waals surface area (Å²) in [5.74, 6) is 0.0312. The maximum Gasteiger partial charge on any atom is 0.416 e. The Balaban J connectivity index is 1.49. The number of aromatic nitrogens is 1. The summed E-state index contributed by atoms with van der Waals surface area (Å²) in [6.07, 6.45) is -0.695. The average molecular weight is 450 g/mol.